The molecule has 9 heteroatoms. The maximum atomic E-state index is 6.39. The van der Waals surface area contributed by atoms with Gasteiger partial charge >= 0.3 is 7.66 Å². The van der Waals surface area contributed by atoms with Crippen LogP contribution >= 0.6 is 22.3 Å². The molecule has 0 N–H and O–H groups in total. The number of rotatable bonds is 6. The van der Waals surface area contributed by atoms with Gasteiger partial charge in [0.25, 0.3) is 7.43 Å². The van der Waals surface area contributed by atoms with Crippen molar-refractivity contribution < 1.29 is 13.6 Å². The number of hydrogen-bond donors (Lipinski definition) is 0. The van der Waals surface area contributed by atoms with E-state index in [0.29, 0.717) is 11.5 Å². The Balaban J connectivity index is 1.85. The van der Waals surface area contributed by atoms with Crippen LogP contribution in [-0.4, -0.2) is 20.0 Å². The summed E-state index contributed by atoms with van der Waals surface area (Å²) in [7, 11) is -7.79. The standard InChI is InChI=1S/C21H24N3O3P3/c1-28(2)22-29(3,25-19-13-7-4-8-14-19)24-30(23-28,26-20-15-9-5-10-16-20)27-21-17-11-6-12-18-21/h4-18H,1-3H3. The van der Waals surface area contributed by atoms with Crippen LogP contribution in [0.2, 0.25) is 0 Å². The summed E-state index contributed by atoms with van der Waals surface area (Å²) in [4.78, 5) is 0. The van der Waals surface area contributed by atoms with Gasteiger partial charge in [-0.1, -0.05) is 54.6 Å². The first-order valence-electron chi connectivity index (χ1n) is 9.43. The molecule has 156 valence electrons. The van der Waals surface area contributed by atoms with Crippen molar-refractivity contribution in [1.82, 2.24) is 0 Å². The van der Waals surface area contributed by atoms with E-state index in [0.717, 1.165) is 5.75 Å². The van der Waals surface area contributed by atoms with Crippen molar-refractivity contribution in [3.05, 3.63) is 91.0 Å². The van der Waals surface area contributed by atoms with E-state index in [2.05, 4.69) is 0 Å². The Morgan fingerprint density at radius 3 is 1.33 bits per heavy atom. The van der Waals surface area contributed by atoms with Gasteiger partial charge in [-0.05, 0) is 49.7 Å². The molecule has 6 nitrogen and oxygen atoms in total. The first-order chi connectivity index (χ1) is 14.4. The first kappa shape index (κ1) is 21.0. The molecule has 0 fully saturated rings. The highest BCUT2D eigenvalue weighted by molar-refractivity contribution is 7.82. The monoisotopic (exact) mass is 459 g/mol. The van der Waals surface area contributed by atoms with E-state index in [1.165, 1.54) is 0 Å². The van der Waals surface area contributed by atoms with Crippen LogP contribution in [-0.2, 0) is 0 Å². The molecule has 0 saturated heterocycles. The van der Waals surface area contributed by atoms with Crippen LogP contribution in [0.5, 0.6) is 17.2 Å². The summed E-state index contributed by atoms with van der Waals surface area (Å²) in [6, 6.07) is 28.7. The third kappa shape index (κ3) is 5.26. The Labute approximate surface area is 177 Å². The van der Waals surface area contributed by atoms with Crippen molar-refractivity contribution in [2.24, 2.45) is 13.5 Å². The zero-order valence-electron chi connectivity index (χ0n) is 17.1. The van der Waals surface area contributed by atoms with Crippen molar-refractivity contribution in [2.45, 2.75) is 0 Å². The van der Waals surface area contributed by atoms with Crippen LogP contribution < -0.4 is 13.6 Å². The van der Waals surface area contributed by atoms with E-state index in [4.69, 9.17) is 27.1 Å². The summed E-state index contributed by atoms with van der Waals surface area (Å²) in [5, 5.41) is 0. The maximum absolute atomic E-state index is 6.39. The fraction of sp³-hybridized carbons (Fsp3) is 0.143. The van der Waals surface area contributed by atoms with Crippen molar-refractivity contribution in [2.75, 3.05) is 20.0 Å². The summed E-state index contributed by atoms with van der Waals surface area (Å²) in [6.07, 6.45) is 0. The van der Waals surface area contributed by atoms with Gasteiger partial charge in [0.05, 0.1) is 7.21 Å². The molecule has 3 aromatic carbocycles. The van der Waals surface area contributed by atoms with Gasteiger partial charge in [-0.25, -0.2) is 4.52 Å². The SMILES string of the molecule is CP1(C)=NP(C)(Oc2ccccc2)=NP(Oc2ccccc2)(Oc2ccccc2)=N1. The largest absolute Gasteiger partial charge is 0.452 e. The maximum Gasteiger partial charge on any atom is 0.452 e. The third-order valence-electron chi connectivity index (χ3n) is 3.95. The second kappa shape index (κ2) is 8.47. The summed E-state index contributed by atoms with van der Waals surface area (Å²) in [6.45, 7) is 6.01. The number of hydrogen-bond acceptors (Lipinski definition) is 6. The van der Waals surface area contributed by atoms with Gasteiger partial charge in [-0.2, -0.15) is 4.52 Å². The predicted octanol–water partition coefficient (Wildman–Crippen LogP) is 8.22. The zero-order valence-corrected chi connectivity index (χ0v) is 19.8. The minimum Gasteiger partial charge on any atom is -0.441 e. The molecule has 1 unspecified atom stereocenters. The average Bonchev–Trinajstić information content (AvgIpc) is 2.68. The van der Waals surface area contributed by atoms with Crippen LogP contribution in [0.15, 0.2) is 105 Å². The fourth-order valence-corrected chi connectivity index (χ4v) is 13.8. The Kier molecular flexibility index (Phi) is 5.93. The topological polar surface area (TPSA) is 64.8 Å². The fourth-order valence-electron chi connectivity index (χ4n) is 2.99. The molecular weight excluding hydrogens is 435 g/mol. The number of nitrogens with zero attached hydrogens (tertiary/aromatic N) is 3. The minimum atomic E-state index is -3.08. The molecule has 0 aromatic heterocycles. The predicted molar refractivity (Wildman–Crippen MR) is 127 cm³/mol. The molecular formula is C21H24N3O3P3. The Hall–Kier alpha value is -2.25. The van der Waals surface area contributed by atoms with Gasteiger partial charge in [0, 0.05) is 6.66 Å². The van der Waals surface area contributed by atoms with Gasteiger partial charge in [0.1, 0.15) is 17.2 Å². The van der Waals surface area contributed by atoms with E-state index in [-0.39, 0.29) is 0 Å². The van der Waals surface area contributed by atoms with Crippen LogP contribution in [0.25, 0.3) is 0 Å². The molecule has 0 spiro atoms. The van der Waals surface area contributed by atoms with Gasteiger partial charge in [-0.3, -0.25) is 0 Å². The molecule has 0 radical (unpaired) electrons. The molecule has 0 saturated carbocycles. The third-order valence-corrected chi connectivity index (χ3v) is 13.4. The molecule has 1 heterocycles. The summed E-state index contributed by atoms with van der Waals surface area (Å²) < 4.78 is 34.0. The van der Waals surface area contributed by atoms with Crippen molar-refractivity contribution in [1.29, 1.82) is 0 Å². The molecule has 0 aliphatic carbocycles. The highest BCUT2D eigenvalue weighted by Gasteiger charge is 2.37. The van der Waals surface area contributed by atoms with Crippen molar-refractivity contribution in [3.63, 3.8) is 0 Å². The lowest BCUT2D eigenvalue weighted by Gasteiger charge is -2.31. The molecule has 30 heavy (non-hydrogen) atoms. The van der Waals surface area contributed by atoms with Crippen molar-refractivity contribution >= 4 is 22.3 Å². The van der Waals surface area contributed by atoms with E-state index >= 15 is 0 Å². The van der Waals surface area contributed by atoms with Gasteiger partial charge in [-0.15, -0.1) is 4.52 Å². The summed E-state index contributed by atoms with van der Waals surface area (Å²) in [5.74, 6) is 2.03. The lowest BCUT2D eigenvalue weighted by atomic mass is 10.3. The molecule has 3 aromatic rings. The smallest absolute Gasteiger partial charge is 0.441 e. The first-order valence-corrected chi connectivity index (χ1v) is 15.6. The second-order valence-corrected chi connectivity index (χ2v) is 15.2. The Morgan fingerprint density at radius 2 is 0.900 bits per heavy atom. The summed E-state index contributed by atoms with van der Waals surface area (Å²) >= 11 is 0. The summed E-state index contributed by atoms with van der Waals surface area (Å²) in [5.41, 5.74) is 0. The second-order valence-electron chi connectivity index (χ2n) is 7.14. The lowest BCUT2D eigenvalue weighted by Crippen LogP contribution is -2.03. The zero-order chi connectivity index (χ0) is 21.1. The van der Waals surface area contributed by atoms with E-state index in [9.17, 15) is 0 Å². The minimum absolute atomic E-state index is 0.655. The van der Waals surface area contributed by atoms with Crippen LogP contribution in [0.4, 0.5) is 0 Å². The molecule has 4 rings (SSSR count). The lowest BCUT2D eigenvalue weighted by molar-refractivity contribution is 0.477. The average molecular weight is 459 g/mol. The highest BCUT2D eigenvalue weighted by atomic mass is 31.3. The van der Waals surface area contributed by atoms with Crippen LogP contribution in [0, 0.1) is 0 Å². The van der Waals surface area contributed by atoms with E-state index in [1.807, 2.05) is 111 Å². The van der Waals surface area contributed by atoms with Gasteiger partial charge < -0.3 is 13.6 Å². The molecule has 0 bridgehead atoms. The highest BCUT2D eigenvalue weighted by Crippen LogP contribution is 2.75. The van der Waals surface area contributed by atoms with Gasteiger partial charge in [0.2, 0.25) is 0 Å². The quantitative estimate of drug-likeness (QED) is 0.349. The number of para-hydroxylation sites is 3. The molecule has 0 amide bonds. The van der Waals surface area contributed by atoms with Crippen LogP contribution in [0.1, 0.15) is 0 Å². The van der Waals surface area contributed by atoms with Crippen molar-refractivity contribution in [3.8, 4) is 17.2 Å². The Morgan fingerprint density at radius 1 is 0.500 bits per heavy atom. The molecule has 1 aliphatic heterocycles. The molecule has 1 atom stereocenters. The van der Waals surface area contributed by atoms with Gasteiger partial charge in [0.15, 0.2) is 0 Å². The number of benzene rings is 3. The van der Waals surface area contributed by atoms with Crippen LogP contribution in [0.3, 0.4) is 0 Å². The Bertz CT molecular complexity index is 1130. The van der Waals surface area contributed by atoms with E-state index < -0.39 is 22.3 Å². The molecule has 1 aliphatic rings. The van der Waals surface area contributed by atoms with E-state index in [1.54, 1.807) is 0 Å². The normalized spacial score (nSPS) is 21.3.